The van der Waals surface area contributed by atoms with Gasteiger partial charge in [0.25, 0.3) is 11.5 Å². The fourth-order valence-corrected chi connectivity index (χ4v) is 4.64. The van der Waals surface area contributed by atoms with Crippen molar-refractivity contribution in [1.82, 2.24) is 24.5 Å². The number of fused-ring (bicyclic) bond motifs is 1. The number of piperazine rings is 1. The summed E-state index contributed by atoms with van der Waals surface area (Å²) in [6.45, 7) is 6.49. The smallest absolute Gasteiger partial charge is 0.258 e. The zero-order valence-electron chi connectivity index (χ0n) is 18.5. The highest BCUT2D eigenvalue weighted by Gasteiger charge is 2.31. The van der Waals surface area contributed by atoms with Crippen molar-refractivity contribution in [2.45, 2.75) is 26.4 Å². The standard InChI is InChI=1S/C23H26FN5O3S/c1-15(2)20(26-21(31)17-5-3-4-6-18(17)24)22(32)28-9-7-27(8-10-28)14-16-13-19(30)29-11-12-33-23(29)25-16/h3-6,11-13,15,20H,7-10,14H2,1-2H3,(H,26,31)/t20-/m0/s1. The van der Waals surface area contributed by atoms with Gasteiger partial charge in [-0.3, -0.25) is 23.7 Å². The molecule has 1 N–H and O–H groups in total. The average molecular weight is 472 g/mol. The van der Waals surface area contributed by atoms with Gasteiger partial charge in [-0.1, -0.05) is 26.0 Å². The molecule has 3 aromatic rings. The zero-order valence-corrected chi connectivity index (χ0v) is 19.3. The van der Waals surface area contributed by atoms with Gasteiger partial charge in [-0.15, -0.1) is 11.3 Å². The highest BCUT2D eigenvalue weighted by atomic mass is 32.1. The Morgan fingerprint density at radius 1 is 1.18 bits per heavy atom. The number of nitrogens with one attached hydrogen (secondary N) is 1. The Balaban J connectivity index is 1.37. The lowest BCUT2D eigenvalue weighted by Crippen LogP contribution is -2.56. The van der Waals surface area contributed by atoms with E-state index in [4.69, 9.17) is 0 Å². The van der Waals surface area contributed by atoms with E-state index in [1.807, 2.05) is 19.2 Å². The number of carbonyl (C=O) groups excluding carboxylic acids is 2. The molecule has 33 heavy (non-hydrogen) atoms. The minimum Gasteiger partial charge on any atom is -0.340 e. The van der Waals surface area contributed by atoms with Gasteiger partial charge in [0.15, 0.2) is 4.96 Å². The van der Waals surface area contributed by atoms with Gasteiger partial charge in [0.05, 0.1) is 11.3 Å². The fraction of sp³-hybridized carbons (Fsp3) is 0.391. The number of aromatic nitrogens is 2. The number of thiazole rings is 1. The maximum absolute atomic E-state index is 14.0. The summed E-state index contributed by atoms with van der Waals surface area (Å²) >= 11 is 1.41. The summed E-state index contributed by atoms with van der Waals surface area (Å²) in [5.74, 6) is -1.54. The molecule has 1 aromatic carbocycles. The van der Waals surface area contributed by atoms with E-state index >= 15 is 0 Å². The van der Waals surface area contributed by atoms with Crippen LogP contribution in [0.15, 0.2) is 46.7 Å². The van der Waals surface area contributed by atoms with E-state index in [1.54, 1.807) is 23.2 Å². The third-order valence-electron chi connectivity index (χ3n) is 5.76. The molecule has 2 aromatic heterocycles. The van der Waals surface area contributed by atoms with Crippen molar-refractivity contribution in [3.63, 3.8) is 0 Å². The molecule has 0 spiro atoms. The monoisotopic (exact) mass is 471 g/mol. The van der Waals surface area contributed by atoms with Crippen molar-refractivity contribution in [3.05, 3.63) is 69.3 Å². The topological polar surface area (TPSA) is 87.0 Å². The van der Waals surface area contributed by atoms with E-state index in [0.29, 0.717) is 43.4 Å². The molecule has 0 bridgehead atoms. The van der Waals surface area contributed by atoms with Crippen LogP contribution in [0.2, 0.25) is 0 Å². The SMILES string of the molecule is CC(C)[C@H](NC(=O)c1ccccc1F)C(=O)N1CCN(Cc2cc(=O)n3ccsc3n2)CC1. The predicted octanol–water partition coefficient (Wildman–Crippen LogP) is 1.99. The molecular weight excluding hydrogens is 445 g/mol. The number of carbonyl (C=O) groups is 2. The summed E-state index contributed by atoms with van der Waals surface area (Å²) in [7, 11) is 0. The van der Waals surface area contributed by atoms with Crippen molar-refractivity contribution in [3.8, 4) is 0 Å². The summed E-state index contributed by atoms with van der Waals surface area (Å²) in [4.78, 5) is 47.0. The molecule has 8 nitrogen and oxygen atoms in total. The van der Waals surface area contributed by atoms with Crippen LogP contribution in [-0.2, 0) is 11.3 Å². The maximum Gasteiger partial charge on any atom is 0.258 e. The van der Waals surface area contributed by atoms with Crippen LogP contribution in [0.3, 0.4) is 0 Å². The quantitative estimate of drug-likeness (QED) is 0.594. The minimum absolute atomic E-state index is 0.0770. The van der Waals surface area contributed by atoms with Gasteiger partial charge in [-0.2, -0.15) is 0 Å². The molecule has 3 heterocycles. The van der Waals surface area contributed by atoms with Crippen LogP contribution in [0.5, 0.6) is 0 Å². The molecule has 1 atom stereocenters. The predicted molar refractivity (Wildman–Crippen MR) is 124 cm³/mol. The van der Waals surface area contributed by atoms with Crippen molar-refractivity contribution < 1.29 is 14.0 Å². The van der Waals surface area contributed by atoms with Crippen LogP contribution in [-0.4, -0.2) is 63.2 Å². The van der Waals surface area contributed by atoms with Crippen molar-refractivity contribution in [2.75, 3.05) is 26.2 Å². The van der Waals surface area contributed by atoms with Gasteiger partial charge >= 0.3 is 0 Å². The van der Waals surface area contributed by atoms with E-state index in [0.717, 1.165) is 0 Å². The van der Waals surface area contributed by atoms with Gasteiger partial charge in [0, 0.05) is 50.4 Å². The number of halogens is 1. The minimum atomic E-state index is -0.744. The lowest BCUT2D eigenvalue weighted by Gasteiger charge is -2.37. The largest absolute Gasteiger partial charge is 0.340 e. The number of amides is 2. The summed E-state index contributed by atoms with van der Waals surface area (Å²) in [6, 6.07) is 6.53. The summed E-state index contributed by atoms with van der Waals surface area (Å²) in [5, 5.41) is 4.54. The second-order valence-electron chi connectivity index (χ2n) is 8.42. The Labute approximate surface area is 194 Å². The van der Waals surface area contributed by atoms with Gasteiger partial charge in [-0.25, -0.2) is 9.37 Å². The van der Waals surface area contributed by atoms with E-state index in [9.17, 15) is 18.8 Å². The molecule has 0 saturated carbocycles. The molecule has 1 aliphatic rings. The lowest BCUT2D eigenvalue weighted by molar-refractivity contribution is -0.136. The summed E-state index contributed by atoms with van der Waals surface area (Å²) in [5.41, 5.74) is 0.529. The first kappa shape index (κ1) is 23.1. The van der Waals surface area contributed by atoms with Crippen LogP contribution in [0.4, 0.5) is 4.39 Å². The molecule has 2 amide bonds. The Morgan fingerprint density at radius 2 is 1.91 bits per heavy atom. The van der Waals surface area contributed by atoms with Crippen molar-refractivity contribution in [1.29, 1.82) is 0 Å². The van der Waals surface area contributed by atoms with Gasteiger partial charge in [0.2, 0.25) is 5.91 Å². The molecular formula is C23H26FN5O3S. The number of benzene rings is 1. The molecule has 1 fully saturated rings. The second kappa shape index (κ2) is 9.80. The molecule has 174 valence electrons. The summed E-state index contributed by atoms with van der Waals surface area (Å²) in [6.07, 6.45) is 1.71. The van der Waals surface area contributed by atoms with Crippen molar-refractivity contribution in [2.24, 2.45) is 5.92 Å². The number of hydrogen-bond acceptors (Lipinski definition) is 6. The van der Waals surface area contributed by atoms with E-state index in [2.05, 4.69) is 15.2 Å². The van der Waals surface area contributed by atoms with Crippen LogP contribution in [0, 0.1) is 11.7 Å². The third kappa shape index (κ3) is 5.12. The van der Waals surface area contributed by atoms with Crippen molar-refractivity contribution >= 4 is 28.1 Å². The first-order chi connectivity index (χ1) is 15.8. The molecule has 1 saturated heterocycles. The molecule has 4 rings (SSSR count). The Hall–Kier alpha value is -3.11. The van der Waals surface area contributed by atoms with E-state index in [1.165, 1.54) is 33.9 Å². The first-order valence-electron chi connectivity index (χ1n) is 10.9. The Morgan fingerprint density at radius 3 is 2.61 bits per heavy atom. The van der Waals surface area contributed by atoms with Crippen LogP contribution < -0.4 is 10.9 Å². The second-order valence-corrected chi connectivity index (χ2v) is 9.29. The molecule has 0 aliphatic carbocycles. The summed E-state index contributed by atoms with van der Waals surface area (Å²) < 4.78 is 15.5. The molecule has 0 radical (unpaired) electrons. The fourth-order valence-electron chi connectivity index (χ4n) is 3.90. The maximum atomic E-state index is 14.0. The average Bonchev–Trinajstić information content (AvgIpc) is 3.27. The highest BCUT2D eigenvalue weighted by molar-refractivity contribution is 7.15. The number of rotatable bonds is 6. The van der Waals surface area contributed by atoms with Gasteiger partial charge in [-0.05, 0) is 18.1 Å². The third-order valence-corrected chi connectivity index (χ3v) is 6.52. The van der Waals surface area contributed by atoms with E-state index in [-0.39, 0.29) is 22.9 Å². The Kier molecular flexibility index (Phi) is 6.85. The Bertz CT molecular complexity index is 1220. The van der Waals surface area contributed by atoms with Crippen LogP contribution >= 0.6 is 11.3 Å². The zero-order chi connectivity index (χ0) is 23.5. The molecule has 0 unspecified atom stereocenters. The van der Waals surface area contributed by atoms with Crippen LogP contribution in [0.25, 0.3) is 4.96 Å². The van der Waals surface area contributed by atoms with E-state index < -0.39 is 17.8 Å². The highest BCUT2D eigenvalue weighted by Crippen LogP contribution is 2.14. The first-order valence-corrected chi connectivity index (χ1v) is 11.7. The molecule has 10 heteroatoms. The lowest BCUT2D eigenvalue weighted by atomic mass is 10.0. The molecule has 1 aliphatic heterocycles. The number of hydrogen-bond donors (Lipinski definition) is 1. The van der Waals surface area contributed by atoms with Gasteiger partial charge in [0.1, 0.15) is 11.9 Å². The van der Waals surface area contributed by atoms with Gasteiger partial charge < -0.3 is 10.2 Å². The van der Waals surface area contributed by atoms with Crippen LogP contribution in [0.1, 0.15) is 29.9 Å². The number of nitrogens with zero attached hydrogens (tertiary/aromatic N) is 4. The normalized spacial score (nSPS) is 15.7.